The van der Waals surface area contributed by atoms with Crippen LogP contribution in [0.2, 0.25) is 0 Å². The molecule has 0 saturated carbocycles. The second-order valence-electron chi connectivity index (χ2n) is 4.70. The van der Waals surface area contributed by atoms with Gasteiger partial charge in [0.2, 0.25) is 0 Å². The van der Waals surface area contributed by atoms with Gasteiger partial charge in [-0.05, 0) is 25.0 Å². The SMILES string of the molecule is CCCNc1cnc(C(=O)NC(C)c2cccnc2)cn1. The van der Waals surface area contributed by atoms with E-state index < -0.39 is 0 Å². The Morgan fingerprint density at radius 1 is 1.29 bits per heavy atom. The van der Waals surface area contributed by atoms with Crippen LogP contribution in [-0.4, -0.2) is 27.4 Å². The van der Waals surface area contributed by atoms with E-state index >= 15 is 0 Å². The molecule has 110 valence electrons. The van der Waals surface area contributed by atoms with Crippen molar-refractivity contribution in [2.45, 2.75) is 26.3 Å². The Morgan fingerprint density at radius 2 is 2.14 bits per heavy atom. The minimum atomic E-state index is -0.249. The zero-order valence-electron chi connectivity index (χ0n) is 12.2. The van der Waals surface area contributed by atoms with Gasteiger partial charge in [-0.15, -0.1) is 0 Å². The van der Waals surface area contributed by atoms with Crippen LogP contribution in [0.5, 0.6) is 0 Å². The van der Waals surface area contributed by atoms with Crippen LogP contribution in [0.4, 0.5) is 5.82 Å². The van der Waals surface area contributed by atoms with Crippen molar-refractivity contribution in [3.05, 3.63) is 48.2 Å². The summed E-state index contributed by atoms with van der Waals surface area (Å²) in [4.78, 5) is 24.4. The molecule has 2 rings (SSSR count). The lowest BCUT2D eigenvalue weighted by Crippen LogP contribution is -2.27. The molecule has 0 fully saturated rings. The average molecular weight is 285 g/mol. The number of carbonyl (C=O) groups excluding carboxylic acids is 1. The van der Waals surface area contributed by atoms with E-state index in [1.54, 1.807) is 18.6 Å². The molecule has 21 heavy (non-hydrogen) atoms. The summed E-state index contributed by atoms with van der Waals surface area (Å²) in [5.41, 5.74) is 1.24. The molecular weight excluding hydrogens is 266 g/mol. The molecule has 0 aliphatic rings. The second kappa shape index (κ2) is 7.33. The lowest BCUT2D eigenvalue weighted by molar-refractivity contribution is 0.0934. The van der Waals surface area contributed by atoms with E-state index in [2.05, 4.69) is 32.5 Å². The van der Waals surface area contributed by atoms with Gasteiger partial charge in [-0.3, -0.25) is 9.78 Å². The first-order chi connectivity index (χ1) is 10.2. The van der Waals surface area contributed by atoms with Crippen molar-refractivity contribution < 1.29 is 4.79 Å². The highest BCUT2D eigenvalue weighted by Crippen LogP contribution is 2.10. The Balaban J connectivity index is 1.97. The highest BCUT2D eigenvalue weighted by atomic mass is 16.1. The van der Waals surface area contributed by atoms with Crippen LogP contribution in [0, 0.1) is 0 Å². The molecule has 0 spiro atoms. The highest BCUT2D eigenvalue weighted by Gasteiger charge is 2.13. The lowest BCUT2D eigenvalue weighted by atomic mass is 10.1. The number of nitrogens with one attached hydrogen (secondary N) is 2. The van der Waals surface area contributed by atoms with Crippen molar-refractivity contribution in [3.63, 3.8) is 0 Å². The van der Waals surface area contributed by atoms with Crippen LogP contribution in [0.25, 0.3) is 0 Å². The van der Waals surface area contributed by atoms with Crippen LogP contribution in [0.3, 0.4) is 0 Å². The van der Waals surface area contributed by atoms with Gasteiger partial charge >= 0.3 is 0 Å². The molecular formula is C15H19N5O. The largest absolute Gasteiger partial charge is 0.369 e. The molecule has 1 unspecified atom stereocenters. The fourth-order valence-corrected chi connectivity index (χ4v) is 1.78. The van der Waals surface area contributed by atoms with E-state index in [9.17, 15) is 4.79 Å². The van der Waals surface area contributed by atoms with Gasteiger partial charge in [-0.2, -0.15) is 0 Å². The predicted molar refractivity (Wildman–Crippen MR) is 80.9 cm³/mol. The van der Waals surface area contributed by atoms with Crippen LogP contribution < -0.4 is 10.6 Å². The quantitative estimate of drug-likeness (QED) is 0.850. The maximum Gasteiger partial charge on any atom is 0.271 e. The van der Waals surface area contributed by atoms with E-state index in [1.165, 1.54) is 6.20 Å². The first-order valence-corrected chi connectivity index (χ1v) is 6.97. The summed E-state index contributed by atoms with van der Waals surface area (Å²) in [5, 5.41) is 5.99. The van der Waals surface area contributed by atoms with E-state index in [4.69, 9.17) is 0 Å². The standard InChI is InChI=1S/C15H19N5O/c1-3-6-17-14-10-18-13(9-19-14)15(21)20-11(2)12-5-4-7-16-8-12/h4-5,7-11H,3,6H2,1-2H3,(H,17,19)(H,20,21). The average Bonchev–Trinajstić information content (AvgIpc) is 2.54. The maximum atomic E-state index is 12.1. The summed E-state index contributed by atoms with van der Waals surface area (Å²) in [6.07, 6.45) is 7.48. The number of anilines is 1. The van der Waals surface area contributed by atoms with Gasteiger partial charge < -0.3 is 10.6 Å². The first kappa shape index (κ1) is 14.9. The van der Waals surface area contributed by atoms with Crippen molar-refractivity contribution in [3.8, 4) is 0 Å². The molecule has 0 aromatic carbocycles. The molecule has 2 heterocycles. The van der Waals surface area contributed by atoms with Crippen LogP contribution in [-0.2, 0) is 0 Å². The highest BCUT2D eigenvalue weighted by molar-refractivity contribution is 5.92. The zero-order valence-corrected chi connectivity index (χ0v) is 12.2. The molecule has 6 nitrogen and oxygen atoms in total. The van der Waals surface area contributed by atoms with Crippen molar-refractivity contribution in [1.29, 1.82) is 0 Å². The van der Waals surface area contributed by atoms with E-state index in [1.807, 2.05) is 19.1 Å². The van der Waals surface area contributed by atoms with Gasteiger partial charge in [0.25, 0.3) is 5.91 Å². The van der Waals surface area contributed by atoms with Gasteiger partial charge in [-0.1, -0.05) is 13.0 Å². The number of hydrogen-bond donors (Lipinski definition) is 2. The fourth-order valence-electron chi connectivity index (χ4n) is 1.78. The number of carbonyl (C=O) groups is 1. The molecule has 0 bridgehead atoms. The van der Waals surface area contributed by atoms with Gasteiger partial charge in [0, 0.05) is 18.9 Å². The summed E-state index contributed by atoms with van der Waals surface area (Å²) in [5.74, 6) is 0.426. The minimum Gasteiger partial charge on any atom is -0.369 e. The summed E-state index contributed by atoms with van der Waals surface area (Å²) in [6.45, 7) is 4.81. The number of rotatable bonds is 6. The van der Waals surface area contributed by atoms with E-state index in [0.29, 0.717) is 11.5 Å². The fraction of sp³-hybridized carbons (Fsp3) is 0.333. The van der Waals surface area contributed by atoms with Crippen molar-refractivity contribution in [2.75, 3.05) is 11.9 Å². The Bertz CT molecular complexity index is 570. The molecule has 2 aromatic rings. The topological polar surface area (TPSA) is 79.8 Å². The Kier molecular flexibility index (Phi) is 5.20. The van der Waals surface area contributed by atoms with Gasteiger partial charge in [0.1, 0.15) is 11.5 Å². The van der Waals surface area contributed by atoms with Crippen molar-refractivity contribution in [2.24, 2.45) is 0 Å². The molecule has 2 N–H and O–H groups in total. The number of nitrogens with zero attached hydrogens (tertiary/aromatic N) is 3. The molecule has 1 atom stereocenters. The van der Waals surface area contributed by atoms with Gasteiger partial charge in [-0.25, -0.2) is 9.97 Å². The Hall–Kier alpha value is -2.50. The normalized spacial score (nSPS) is 11.7. The summed E-state index contributed by atoms with van der Waals surface area (Å²) < 4.78 is 0. The lowest BCUT2D eigenvalue weighted by Gasteiger charge is -2.13. The van der Waals surface area contributed by atoms with Crippen molar-refractivity contribution in [1.82, 2.24) is 20.3 Å². The van der Waals surface area contributed by atoms with Gasteiger partial charge in [0.15, 0.2) is 0 Å². The number of amides is 1. The summed E-state index contributed by atoms with van der Waals surface area (Å²) >= 11 is 0. The molecule has 0 aliphatic heterocycles. The van der Waals surface area contributed by atoms with Crippen LogP contribution >= 0.6 is 0 Å². The summed E-state index contributed by atoms with van der Waals surface area (Å²) in [7, 11) is 0. The van der Waals surface area contributed by atoms with E-state index in [-0.39, 0.29) is 11.9 Å². The summed E-state index contributed by atoms with van der Waals surface area (Å²) in [6, 6.07) is 3.62. The van der Waals surface area contributed by atoms with Gasteiger partial charge in [0.05, 0.1) is 18.4 Å². The molecule has 0 saturated heterocycles. The number of pyridine rings is 1. The smallest absolute Gasteiger partial charge is 0.271 e. The predicted octanol–water partition coefficient (Wildman–Crippen LogP) is 2.18. The minimum absolute atomic E-state index is 0.133. The Labute approximate surface area is 124 Å². The monoisotopic (exact) mass is 285 g/mol. The zero-order chi connectivity index (χ0) is 15.1. The van der Waals surface area contributed by atoms with E-state index in [0.717, 1.165) is 18.5 Å². The number of hydrogen-bond acceptors (Lipinski definition) is 5. The molecule has 0 radical (unpaired) electrons. The Morgan fingerprint density at radius 3 is 2.76 bits per heavy atom. The molecule has 0 aliphatic carbocycles. The molecule has 2 aromatic heterocycles. The second-order valence-corrected chi connectivity index (χ2v) is 4.70. The first-order valence-electron chi connectivity index (χ1n) is 6.97. The van der Waals surface area contributed by atoms with Crippen LogP contribution in [0.1, 0.15) is 42.4 Å². The molecule has 1 amide bonds. The van der Waals surface area contributed by atoms with Crippen LogP contribution in [0.15, 0.2) is 36.9 Å². The van der Waals surface area contributed by atoms with Crippen molar-refractivity contribution >= 4 is 11.7 Å². The third kappa shape index (κ3) is 4.24. The number of aromatic nitrogens is 3. The maximum absolute atomic E-state index is 12.1. The third-order valence-corrected chi connectivity index (χ3v) is 2.97. The molecule has 6 heteroatoms. The third-order valence-electron chi connectivity index (χ3n) is 2.97.